The molecule has 1 saturated heterocycles. The van der Waals surface area contributed by atoms with Crippen molar-refractivity contribution < 1.29 is 14.3 Å². The topological polar surface area (TPSA) is 46.6 Å². The third-order valence-electron chi connectivity index (χ3n) is 3.45. The third kappa shape index (κ3) is 2.79. The molecule has 4 heteroatoms. The standard InChI is InChI=1S/C13H21NO3/c1-13(2,3)17-12(16)14-6-4-5-11(14)9-7-10(15)8-9/h9,11H,4-8H2,1-3H3. The Kier molecular flexibility index (Phi) is 3.15. The van der Waals surface area contributed by atoms with Crippen molar-refractivity contribution in [3.05, 3.63) is 0 Å². The molecular formula is C13H21NO3. The molecule has 1 aliphatic carbocycles. The van der Waals surface area contributed by atoms with Crippen molar-refractivity contribution in [2.75, 3.05) is 6.54 Å². The summed E-state index contributed by atoms with van der Waals surface area (Å²) in [6.45, 7) is 6.40. The number of ketones is 1. The van der Waals surface area contributed by atoms with Crippen LogP contribution in [0.2, 0.25) is 0 Å². The predicted molar refractivity (Wildman–Crippen MR) is 63.7 cm³/mol. The van der Waals surface area contributed by atoms with Crippen LogP contribution in [0.5, 0.6) is 0 Å². The van der Waals surface area contributed by atoms with Gasteiger partial charge in [-0.25, -0.2) is 4.79 Å². The van der Waals surface area contributed by atoms with Crippen LogP contribution in [-0.2, 0) is 9.53 Å². The van der Waals surface area contributed by atoms with E-state index in [1.165, 1.54) is 0 Å². The first-order valence-electron chi connectivity index (χ1n) is 6.38. The second-order valence-corrected chi connectivity index (χ2v) is 6.09. The fourth-order valence-electron chi connectivity index (χ4n) is 2.63. The molecule has 1 saturated carbocycles. The van der Waals surface area contributed by atoms with Crippen LogP contribution in [-0.4, -0.2) is 35.0 Å². The Balaban J connectivity index is 1.95. The van der Waals surface area contributed by atoms with Gasteiger partial charge in [0.2, 0.25) is 0 Å². The molecule has 96 valence electrons. The molecule has 4 nitrogen and oxygen atoms in total. The van der Waals surface area contributed by atoms with Crippen LogP contribution in [0.4, 0.5) is 4.79 Å². The fraction of sp³-hybridized carbons (Fsp3) is 0.846. The lowest BCUT2D eigenvalue weighted by Gasteiger charge is -2.36. The number of likely N-dealkylation sites (tertiary alicyclic amines) is 1. The van der Waals surface area contributed by atoms with E-state index < -0.39 is 5.60 Å². The molecule has 17 heavy (non-hydrogen) atoms. The van der Waals surface area contributed by atoms with Crippen molar-refractivity contribution in [2.45, 2.75) is 58.1 Å². The number of carbonyl (C=O) groups excluding carboxylic acids is 2. The molecule has 0 spiro atoms. The molecule has 1 aliphatic heterocycles. The van der Waals surface area contributed by atoms with Crippen LogP contribution in [0.25, 0.3) is 0 Å². The van der Waals surface area contributed by atoms with Gasteiger partial charge in [-0.1, -0.05) is 0 Å². The molecule has 0 aromatic rings. The molecule has 2 rings (SSSR count). The predicted octanol–water partition coefficient (Wildman–Crippen LogP) is 2.37. The summed E-state index contributed by atoms with van der Waals surface area (Å²) < 4.78 is 5.40. The van der Waals surface area contributed by atoms with E-state index in [4.69, 9.17) is 4.74 Å². The summed E-state index contributed by atoms with van der Waals surface area (Å²) in [5.74, 6) is 0.698. The highest BCUT2D eigenvalue weighted by atomic mass is 16.6. The Bertz CT molecular complexity index is 324. The summed E-state index contributed by atoms with van der Waals surface area (Å²) in [5.41, 5.74) is -0.445. The van der Waals surface area contributed by atoms with Gasteiger partial charge in [-0.15, -0.1) is 0 Å². The minimum Gasteiger partial charge on any atom is -0.444 e. The molecule has 2 aliphatic rings. The van der Waals surface area contributed by atoms with Crippen molar-refractivity contribution in [1.82, 2.24) is 4.90 Å². The van der Waals surface area contributed by atoms with Crippen LogP contribution in [0.1, 0.15) is 46.5 Å². The van der Waals surface area contributed by atoms with Gasteiger partial charge in [-0.2, -0.15) is 0 Å². The van der Waals surface area contributed by atoms with Gasteiger partial charge >= 0.3 is 6.09 Å². The monoisotopic (exact) mass is 239 g/mol. The van der Waals surface area contributed by atoms with Crippen molar-refractivity contribution >= 4 is 11.9 Å². The summed E-state index contributed by atoms with van der Waals surface area (Å²) in [6.07, 6.45) is 3.10. The summed E-state index contributed by atoms with van der Waals surface area (Å²) in [4.78, 5) is 24.9. The van der Waals surface area contributed by atoms with Gasteiger partial charge in [0.05, 0.1) is 0 Å². The highest BCUT2D eigenvalue weighted by molar-refractivity contribution is 5.85. The van der Waals surface area contributed by atoms with Gasteiger partial charge < -0.3 is 9.64 Å². The first-order chi connectivity index (χ1) is 7.87. The minimum absolute atomic E-state index is 0.223. The van der Waals surface area contributed by atoms with E-state index in [2.05, 4.69) is 0 Å². The van der Waals surface area contributed by atoms with E-state index >= 15 is 0 Å². The maximum atomic E-state index is 12.0. The maximum absolute atomic E-state index is 12.0. The van der Waals surface area contributed by atoms with Gasteiger partial charge in [0.1, 0.15) is 11.4 Å². The largest absolute Gasteiger partial charge is 0.444 e. The van der Waals surface area contributed by atoms with E-state index in [1.54, 1.807) is 0 Å². The van der Waals surface area contributed by atoms with E-state index in [0.717, 1.165) is 19.4 Å². The zero-order valence-electron chi connectivity index (χ0n) is 10.9. The second-order valence-electron chi connectivity index (χ2n) is 6.09. The van der Waals surface area contributed by atoms with Crippen molar-refractivity contribution in [3.8, 4) is 0 Å². The lowest BCUT2D eigenvalue weighted by molar-refractivity contribution is -0.128. The Morgan fingerprint density at radius 3 is 2.53 bits per heavy atom. The number of nitrogens with zero attached hydrogens (tertiary/aromatic N) is 1. The van der Waals surface area contributed by atoms with Crippen LogP contribution in [0.15, 0.2) is 0 Å². The van der Waals surface area contributed by atoms with Crippen molar-refractivity contribution in [1.29, 1.82) is 0 Å². The number of amides is 1. The molecule has 1 heterocycles. The Hall–Kier alpha value is -1.06. The zero-order valence-corrected chi connectivity index (χ0v) is 10.9. The van der Waals surface area contributed by atoms with Gasteiger partial charge in [0.15, 0.2) is 0 Å². The number of Topliss-reactive ketones (excluding diaryl/α,β-unsaturated/α-hetero) is 1. The van der Waals surface area contributed by atoms with Crippen molar-refractivity contribution in [2.24, 2.45) is 5.92 Å². The van der Waals surface area contributed by atoms with Gasteiger partial charge in [-0.3, -0.25) is 4.79 Å². The van der Waals surface area contributed by atoms with E-state index in [0.29, 0.717) is 24.5 Å². The highest BCUT2D eigenvalue weighted by Gasteiger charge is 2.42. The van der Waals surface area contributed by atoms with Gasteiger partial charge in [0.25, 0.3) is 0 Å². The summed E-state index contributed by atoms with van der Waals surface area (Å²) >= 11 is 0. The molecule has 1 atom stereocenters. The Labute approximate surface area is 102 Å². The molecular weight excluding hydrogens is 218 g/mol. The minimum atomic E-state index is -0.445. The summed E-state index contributed by atoms with van der Waals surface area (Å²) in [5, 5.41) is 0. The molecule has 0 radical (unpaired) electrons. The number of ether oxygens (including phenoxy) is 1. The number of carbonyl (C=O) groups is 2. The molecule has 0 bridgehead atoms. The maximum Gasteiger partial charge on any atom is 0.410 e. The normalized spacial score (nSPS) is 25.9. The van der Waals surface area contributed by atoms with E-state index in [-0.39, 0.29) is 12.1 Å². The first kappa shape index (κ1) is 12.4. The molecule has 1 unspecified atom stereocenters. The van der Waals surface area contributed by atoms with E-state index in [9.17, 15) is 9.59 Å². The fourth-order valence-corrected chi connectivity index (χ4v) is 2.63. The summed E-state index contributed by atoms with van der Waals surface area (Å²) in [6, 6.07) is 0.225. The Morgan fingerprint density at radius 1 is 1.35 bits per heavy atom. The SMILES string of the molecule is CC(C)(C)OC(=O)N1CCCC1C1CC(=O)C1. The zero-order chi connectivity index (χ0) is 12.6. The molecule has 2 fully saturated rings. The third-order valence-corrected chi connectivity index (χ3v) is 3.45. The summed E-state index contributed by atoms with van der Waals surface area (Å²) in [7, 11) is 0. The van der Waals surface area contributed by atoms with Crippen LogP contribution in [0.3, 0.4) is 0 Å². The molecule has 0 aromatic carbocycles. The lowest BCUT2D eigenvalue weighted by Crippen LogP contribution is -2.46. The van der Waals surface area contributed by atoms with Gasteiger partial charge in [0, 0.05) is 25.4 Å². The number of rotatable bonds is 1. The molecule has 0 aromatic heterocycles. The second kappa shape index (κ2) is 4.31. The lowest BCUT2D eigenvalue weighted by atomic mass is 9.78. The average molecular weight is 239 g/mol. The highest BCUT2D eigenvalue weighted by Crippen LogP contribution is 2.35. The number of hydrogen-bond donors (Lipinski definition) is 0. The number of hydrogen-bond acceptors (Lipinski definition) is 3. The average Bonchev–Trinajstić information content (AvgIpc) is 2.57. The molecule has 0 N–H and O–H groups in total. The quantitative estimate of drug-likeness (QED) is 0.705. The molecule has 1 amide bonds. The van der Waals surface area contributed by atoms with Crippen LogP contribution in [0, 0.1) is 5.92 Å². The van der Waals surface area contributed by atoms with Crippen LogP contribution < -0.4 is 0 Å². The van der Waals surface area contributed by atoms with Crippen molar-refractivity contribution in [3.63, 3.8) is 0 Å². The van der Waals surface area contributed by atoms with Crippen LogP contribution >= 0.6 is 0 Å². The van der Waals surface area contributed by atoms with E-state index in [1.807, 2.05) is 25.7 Å². The first-order valence-corrected chi connectivity index (χ1v) is 6.38. The Morgan fingerprint density at radius 2 is 2.00 bits per heavy atom. The smallest absolute Gasteiger partial charge is 0.410 e. The van der Waals surface area contributed by atoms with Gasteiger partial charge in [-0.05, 0) is 39.5 Å².